The Bertz CT molecular complexity index is 320. The van der Waals surface area contributed by atoms with Gasteiger partial charge < -0.3 is 30.3 Å². The Morgan fingerprint density at radius 1 is 0.955 bits per heavy atom. The van der Waals surface area contributed by atoms with Crippen molar-refractivity contribution in [3.05, 3.63) is 0 Å². The van der Waals surface area contributed by atoms with Gasteiger partial charge in [-0.3, -0.25) is 9.59 Å². The summed E-state index contributed by atoms with van der Waals surface area (Å²) in [5, 5.41) is 44.6. The molecule has 3 unspecified atom stereocenters. The normalized spacial score (nSPS) is 15.1. The maximum atomic E-state index is 11.9. The average molecular weight is 322 g/mol. The van der Waals surface area contributed by atoms with Gasteiger partial charge in [0.05, 0.1) is 25.2 Å². The molecule has 8 nitrogen and oxygen atoms in total. The number of esters is 1. The molecule has 3 atom stereocenters. The van der Waals surface area contributed by atoms with E-state index in [1.807, 2.05) is 0 Å². The second kappa shape index (κ2) is 12.3. The minimum absolute atomic E-state index is 0.0312. The molecule has 0 fully saturated rings. The molecule has 0 spiro atoms. The van der Waals surface area contributed by atoms with Crippen molar-refractivity contribution in [3.63, 3.8) is 0 Å². The number of carboxylic acid groups (broad SMARTS) is 1. The fraction of sp³-hybridized carbons (Fsp3) is 0.857. The van der Waals surface area contributed by atoms with Crippen LogP contribution in [0.25, 0.3) is 0 Å². The van der Waals surface area contributed by atoms with Crippen LogP contribution in [0, 0.1) is 5.92 Å². The molecule has 0 aromatic carbocycles. The largest absolute Gasteiger partial charge is 0.481 e. The maximum absolute atomic E-state index is 11.9. The standard InChI is InChI=1S/C14H26O8/c15-7-11(17)6-10(4-2-1-3-5-13(19)20)14(21)22-9-12(18)8-16/h10-12,15-18H,1-9H2,(H,19,20). The van der Waals surface area contributed by atoms with Gasteiger partial charge in [-0.05, 0) is 19.3 Å². The quantitative estimate of drug-likeness (QED) is 0.221. The van der Waals surface area contributed by atoms with Crippen molar-refractivity contribution in [2.75, 3.05) is 19.8 Å². The summed E-state index contributed by atoms with van der Waals surface area (Å²) in [6.45, 7) is -1.32. The predicted octanol–water partition coefficient (Wildman–Crippen LogP) is -0.723. The Morgan fingerprint density at radius 2 is 1.59 bits per heavy atom. The molecule has 0 amide bonds. The first-order valence-electron chi connectivity index (χ1n) is 7.37. The average Bonchev–Trinajstić information content (AvgIpc) is 2.49. The third-order valence-corrected chi connectivity index (χ3v) is 3.17. The molecule has 0 aliphatic rings. The number of aliphatic hydroxyl groups is 4. The highest BCUT2D eigenvalue weighted by Gasteiger charge is 2.23. The predicted molar refractivity (Wildman–Crippen MR) is 76.0 cm³/mol. The lowest BCUT2D eigenvalue weighted by Gasteiger charge is -2.19. The number of ether oxygens (including phenoxy) is 1. The van der Waals surface area contributed by atoms with Gasteiger partial charge in [0.1, 0.15) is 12.7 Å². The molecule has 130 valence electrons. The number of hydrogen-bond donors (Lipinski definition) is 5. The smallest absolute Gasteiger partial charge is 0.309 e. The first-order chi connectivity index (χ1) is 10.4. The van der Waals surface area contributed by atoms with E-state index in [1.165, 1.54) is 0 Å². The van der Waals surface area contributed by atoms with Crippen molar-refractivity contribution in [1.82, 2.24) is 0 Å². The molecule has 0 saturated carbocycles. The van der Waals surface area contributed by atoms with Crippen molar-refractivity contribution in [1.29, 1.82) is 0 Å². The lowest BCUT2D eigenvalue weighted by atomic mass is 9.95. The van der Waals surface area contributed by atoms with Crippen molar-refractivity contribution in [2.45, 2.75) is 50.7 Å². The molecule has 8 heteroatoms. The van der Waals surface area contributed by atoms with Gasteiger partial charge in [0.2, 0.25) is 0 Å². The zero-order valence-corrected chi connectivity index (χ0v) is 12.6. The zero-order valence-electron chi connectivity index (χ0n) is 12.6. The van der Waals surface area contributed by atoms with Gasteiger partial charge in [-0.25, -0.2) is 0 Å². The summed E-state index contributed by atoms with van der Waals surface area (Å²) in [5.74, 6) is -2.12. The molecular formula is C14H26O8. The summed E-state index contributed by atoms with van der Waals surface area (Å²) in [5.41, 5.74) is 0. The van der Waals surface area contributed by atoms with E-state index in [0.29, 0.717) is 25.7 Å². The molecule has 0 bridgehead atoms. The number of hydrogen-bond acceptors (Lipinski definition) is 7. The van der Waals surface area contributed by atoms with Gasteiger partial charge in [0, 0.05) is 6.42 Å². The highest BCUT2D eigenvalue weighted by molar-refractivity contribution is 5.72. The van der Waals surface area contributed by atoms with Crippen molar-refractivity contribution < 1.29 is 39.9 Å². The molecule has 0 aliphatic heterocycles. The molecule has 0 saturated heterocycles. The second-order valence-corrected chi connectivity index (χ2v) is 5.23. The summed E-state index contributed by atoms with van der Waals surface area (Å²) in [4.78, 5) is 22.3. The van der Waals surface area contributed by atoms with E-state index in [2.05, 4.69) is 0 Å². The van der Waals surface area contributed by atoms with Crippen LogP contribution >= 0.6 is 0 Å². The van der Waals surface area contributed by atoms with Crippen LogP contribution < -0.4 is 0 Å². The molecule has 0 rings (SSSR count). The summed E-state index contributed by atoms with van der Waals surface area (Å²) in [6, 6.07) is 0. The number of aliphatic hydroxyl groups excluding tert-OH is 4. The number of unbranched alkanes of at least 4 members (excludes halogenated alkanes) is 2. The molecule has 0 radical (unpaired) electrons. The van der Waals surface area contributed by atoms with Crippen LogP contribution in [0.2, 0.25) is 0 Å². The van der Waals surface area contributed by atoms with Gasteiger partial charge >= 0.3 is 11.9 Å². The molecule has 22 heavy (non-hydrogen) atoms. The minimum Gasteiger partial charge on any atom is -0.481 e. The molecular weight excluding hydrogens is 296 g/mol. The Morgan fingerprint density at radius 3 is 2.14 bits per heavy atom. The SMILES string of the molecule is O=C(O)CCCCCC(CC(O)CO)C(=O)OCC(O)CO. The summed E-state index contributed by atoms with van der Waals surface area (Å²) in [6.07, 6.45) is 0.0224. The maximum Gasteiger partial charge on any atom is 0.309 e. The summed E-state index contributed by atoms with van der Waals surface area (Å²) >= 11 is 0. The van der Waals surface area contributed by atoms with Crippen LogP contribution in [0.5, 0.6) is 0 Å². The van der Waals surface area contributed by atoms with E-state index in [0.717, 1.165) is 0 Å². The van der Waals surface area contributed by atoms with E-state index in [4.69, 9.17) is 25.2 Å². The van der Waals surface area contributed by atoms with Crippen LogP contribution in [-0.2, 0) is 14.3 Å². The monoisotopic (exact) mass is 322 g/mol. The number of carbonyl (C=O) groups is 2. The fourth-order valence-electron chi connectivity index (χ4n) is 1.93. The fourth-order valence-corrected chi connectivity index (χ4v) is 1.93. The number of carboxylic acids is 1. The van der Waals surface area contributed by atoms with E-state index in [9.17, 15) is 14.7 Å². The highest BCUT2D eigenvalue weighted by atomic mass is 16.5. The lowest BCUT2D eigenvalue weighted by Crippen LogP contribution is -2.28. The Balaban J connectivity index is 4.23. The Kier molecular flexibility index (Phi) is 11.7. The number of carbonyl (C=O) groups excluding carboxylic acids is 1. The van der Waals surface area contributed by atoms with Gasteiger partial charge in [-0.2, -0.15) is 0 Å². The van der Waals surface area contributed by atoms with Crippen LogP contribution in [0.15, 0.2) is 0 Å². The molecule has 0 aromatic rings. The first-order valence-corrected chi connectivity index (χ1v) is 7.37. The minimum atomic E-state index is -1.15. The van der Waals surface area contributed by atoms with Crippen LogP contribution in [0.1, 0.15) is 38.5 Å². The molecule has 0 aliphatic carbocycles. The van der Waals surface area contributed by atoms with Crippen LogP contribution in [0.3, 0.4) is 0 Å². The van der Waals surface area contributed by atoms with Gasteiger partial charge in [0.25, 0.3) is 0 Å². The molecule has 0 heterocycles. The third-order valence-electron chi connectivity index (χ3n) is 3.17. The Labute approximate surface area is 129 Å². The van der Waals surface area contributed by atoms with Crippen molar-refractivity contribution in [3.8, 4) is 0 Å². The highest BCUT2D eigenvalue weighted by Crippen LogP contribution is 2.18. The summed E-state index contributed by atoms with van der Waals surface area (Å²) < 4.78 is 4.86. The van der Waals surface area contributed by atoms with E-state index in [1.54, 1.807) is 0 Å². The second-order valence-electron chi connectivity index (χ2n) is 5.23. The Hall–Kier alpha value is -1.22. The molecule has 5 N–H and O–H groups in total. The molecule has 0 aromatic heterocycles. The number of aliphatic carboxylic acids is 1. The van der Waals surface area contributed by atoms with Crippen molar-refractivity contribution >= 4 is 11.9 Å². The van der Waals surface area contributed by atoms with Gasteiger partial charge in [-0.15, -0.1) is 0 Å². The van der Waals surface area contributed by atoms with Crippen LogP contribution in [0.4, 0.5) is 0 Å². The summed E-state index contributed by atoms with van der Waals surface area (Å²) in [7, 11) is 0. The van der Waals surface area contributed by atoms with E-state index in [-0.39, 0.29) is 19.4 Å². The van der Waals surface area contributed by atoms with Gasteiger partial charge in [-0.1, -0.05) is 12.8 Å². The van der Waals surface area contributed by atoms with Gasteiger partial charge in [0.15, 0.2) is 0 Å². The van der Waals surface area contributed by atoms with Crippen molar-refractivity contribution in [2.24, 2.45) is 5.92 Å². The third kappa shape index (κ3) is 10.5. The lowest BCUT2D eigenvalue weighted by molar-refractivity contribution is -0.154. The zero-order chi connectivity index (χ0) is 17.0. The topological polar surface area (TPSA) is 145 Å². The number of rotatable bonds is 13. The first kappa shape index (κ1) is 20.8. The van der Waals surface area contributed by atoms with E-state index < -0.39 is 43.3 Å². The van der Waals surface area contributed by atoms with E-state index >= 15 is 0 Å². The van der Waals surface area contributed by atoms with Crippen LogP contribution in [-0.4, -0.2) is 69.5 Å².